The maximum atomic E-state index is 12.5. The van der Waals surface area contributed by atoms with Crippen molar-refractivity contribution in [1.82, 2.24) is 9.73 Å². The molecule has 0 spiro atoms. The predicted molar refractivity (Wildman–Crippen MR) is 97.0 cm³/mol. The van der Waals surface area contributed by atoms with Gasteiger partial charge < -0.3 is 0 Å². The second-order valence-corrected chi connectivity index (χ2v) is 8.87. The molecule has 2 aliphatic rings. The molecule has 6 nitrogen and oxygen atoms in total. The number of hydrazone groups is 1. The van der Waals surface area contributed by atoms with Crippen molar-refractivity contribution in [2.75, 3.05) is 13.1 Å². The smallest absolute Gasteiger partial charge is 0.267 e. The van der Waals surface area contributed by atoms with Crippen LogP contribution in [0.4, 0.5) is 0 Å². The molecule has 1 aromatic rings. The minimum atomic E-state index is -3.44. The van der Waals surface area contributed by atoms with Gasteiger partial charge in [0, 0.05) is 24.4 Å². The van der Waals surface area contributed by atoms with Gasteiger partial charge in [-0.05, 0) is 68.7 Å². The van der Waals surface area contributed by atoms with Crippen LogP contribution in [-0.4, -0.2) is 37.4 Å². The molecule has 0 radical (unpaired) electrons. The monoisotopic (exact) mass is 363 g/mol. The number of carbonyl (C=O) groups excluding carboxylic acids is 1. The van der Waals surface area contributed by atoms with E-state index in [1.807, 2.05) is 0 Å². The number of hydrogen-bond acceptors (Lipinski definition) is 4. The predicted octanol–water partition coefficient (Wildman–Crippen LogP) is 2.77. The van der Waals surface area contributed by atoms with Crippen LogP contribution in [0.3, 0.4) is 0 Å². The summed E-state index contributed by atoms with van der Waals surface area (Å²) in [4.78, 5) is 12.4. The maximum Gasteiger partial charge on any atom is 0.271 e. The van der Waals surface area contributed by atoms with E-state index in [1.165, 1.54) is 16.4 Å². The van der Waals surface area contributed by atoms with Gasteiger partial charge in [-0.1, -0.05) is 6.92 Å². The van der Waals surface area contributed by atoms with Gasteiger partial charge in [0.05, 0.1) is 4.90 Å². The number of nitrogens with one attached hydrogen (secondary N) is 1. The Morgan fingerprint density at radius 1 is 1.12 bits per heavy atom. The van der Waals surface area contributed by atoms with E-state index in [0.29, 0.717) is 18.7 Å². The third-order valence-electron chi connectivity index (χ3n) is 4.99. The zero-order valence-corrected chi connectivity index (χ0v) is 15.4. The molecule has 1 heterocycles. The van der Waals surface area contributed by atoms with Crippen molar-refractivity contribution in [3.05, 3.63) is 29.8 Å². The van der Waals surface area contributed by atoms with Crippen LogP contribution in [-0.2, 0) is 10.0 Å². The first kappa shape index (κ1) is 18.1. The van der Waals surface area contributed by atoms with E-state index in [2.05, 4.69) is 17.5 Å². The van der Waals surface area contributed by atoms with E-state index in [0.717, 1.165) is 50.2 Å². The summed E-state index contributed by atoms with van der Waals surface area (Å²) < 4.78 is 26.5. The second-order valence-electron chi connectivity index (χ2n) is 6.94. The molecule has 3 rings (SSSR count). The topological polar surface area (TPSA) is 78.8 Å². The lowest BCUT2D eigenvalue weighted by Crippen LogP contribution is -2.28. The first-order valence-corrected chi connectivity index (χ1v) is 10.4. The summed E-state index contributed by atoms with van der Waals surface area (Å²) in [6.07, 6.45) is 5.87. The molecule has 0 atom stereocenters. The average molecular weight is 363 g/mol. The molecule has 0 unspecified atom stereocenters. The number of hydrogen-bond donors (Lipinski definition) is 1. The van der Waals surface area contributed by atoms with Crippen LogP contribution in [0.25, 0.3) is 0 Å². The van der Waals surface area contributed by atoms with Crippen LogP contribution in [0.2, 0.25) is 0 Å². The summed E-state index contributed by atoms with van der Waals surface area (Å²) >= 11 is 0. The van der Waals surface area contributed by atoms with Crippen molar-refractivity contribution in [2.45, 2.75) is 50.3 Å². The summed E-state index contributed by atoms with van der Waals surface area (Å²) in [5.41, 5.74) is 4.02. The van der Waals surface area contributed by atoms with E-state index in [-0.39, 0.29) is 10.8 Å². The highest BCUT2D eigenvalue weighted by molar-refractivity contribution is 7.89. The molecule has 7 heteroatoms. The minimum absolute atomic E-state index is 0.235. The fraction of sp³-hybridized carbons (Fsp3) is 0.556. The van der Waals surface area contributed by atoms with Crippen molar-refractivity contribution < 1.29 is 13.2 Å². The molecule has 1 aliphatic carbocycles. The van der Waals surface area contributed by atoms with Gasteiger partial charge in [-0.25, -0.2) is 13.8 Å². The zero-order chi connectivity index (χ0) is 17.9. The van der Waals surface area contributed by atoms with Crippen molar-refractivity contribution in [2.24, 2.45) is 11.0 Å². The van der Waals surface area contributed by atoms with Gasteiger partial charge in [-0.2, -0.15) is 9.41 Å². The van der Waals surface area contributed by atoms with Crippen molar-refractivity contribution in [1.29, 1.82) is 0 Å². The molecule has 1 amide bonds. The largest absolute Gasteiger partial charge is 0.271 e. The third-order valence-corrected chi connectivity index (χ3v) is 6.90. The number of carbonyl (C=O) groups is 1. The summed E-state index contributed by atoms with van der Waals surface area (Å²) in [5, 5.41) is 4.22. The molecule has 1 saturated carbocycles. The van der Waals surface area contributed by atoms with Gasteiger partial charge in [-0.3, -0.25) is 4.79 Å². The lowest BCUT2D eigenvalue weighted by atomic mass is 9.90. The second kappa shape index (κ2) is 7.66. The molecular weight excluding hydrogens is 338 g/mol. The molecule has 0 aromatic heterocycles. The van der Waals surface area contributed by atoms with Gasteiger partial charge in [0.15, 0.2) is 0 Å². The number of benzene rings is 1. The van der Waals surface area contributed by atoms with E-state index in [9.17, 15) is 13.2 Å². The van der Waals surface area contributed by atoms with Gasteiger partial charge in [0.1, 0.15) is 0 Å². The molecule has 1 N–H and O–H groups in total. The Hall–Kier alpha value is -1.73. The Kier molecular flexibility index (Phi) is 5.54. The molecule has 1 aliphatic heterocycles. The molecule has 1 saturated heterocycles. The molecule has 2 fully saturated rings. The average Bonchev–Trinajstić information content (AvgIpc) is 3.16. The highest BCUT2D eigenvalue weighted by atomic mass is 32.2. The summed E-state index contributed by atoms with van der Waals surface area (Å²) in [7, 11) is -3.44. The normalized spacial score (nSPS) is 22.0. The Labute approximate surface area is 149 Å². The third kappa shape index (κ3) is 4.27. The fourth-order valence-corrected chi connectivity index (χ4v) is 4.77. The van der Waals surface area contributed by atoms with E-state index < -0.39 is 10.0 Å². The van der Waals surface area contributed by atoms with Gasteiger partial charge in [0.2, 0.25) is 10.0 Å². The number of nitrogens with zero attached hydrogens (tertiary/aromatic N) is 2. The van der Waals surface area contributed by atoms with Crippen LogP contribution in [0.1, 0.15) is 55.8 Å². The lowest BCUT2D eigenvalue weighted by molar-refractivity contribution is 0.0954. The van der Waals surface area contributed by atoms with Crippen molar-refractivity contribution >= 4 is 21.6 Å². The van der Waals surface area contributed by atoms with E-state index in [4.69, 9.17) is 0 Å². The summed E-state index contributed by atoms with van der Waals surface area (Å²) in [6.45, 7) is 3.37. The lowest BCUT2D eigenvalue weighted by Gasteiger charge is -2.18. The van der Waals surface area contributed by atoms with Crippen LogP contribution in [0.15, 0.2) is 34.3 Å². The van der Waals surface area contributed by atoms with Crippen LogP contribution < -0.4 is 5.43 Å². The fourth-order valence-electron chi connectivity index (χ4n) is 3.26. The highest BCUT2D eigenvalue weighted by Crippen LogP contribution is 2.22. The van der Waals surface area contributed by atoms with E-state index in [1.54, 1.807) is 12.1 Å². The van der Waals surface area contributed by atoms with Gasteiger partial charge >= 0.3 is 0 Å². The summed E-state index contributed by atoms with van der Waals surface area (Å²) in [5.74, 6) is 0.413. The highest BCUT2D eigenvalue weighted by Gasteiger charge is 2.27. The Bertz CT molecular complexity index is 740. The van der Waals surface area contributed by atoms with Crippen LogP contribution >= 0.6 is 0 Å². The first-order chi connectivity index (χ1) is 12.0. The standard InChI is InChI=1S/C18H25N3O3S/c1-14-4-8-16(9-5-14)19-20-18(22)15-6-10-17(11-7-15)25(23,24)21-12-2-3-13-21/h6-7,10-11,14H,2-5,8-9,12-13H2,1H3,(H,20,22). The van der Waals surface area contributed by atoms with Gasteiger partial charge in [0.25, 0.3) is 5.91 Å². The summed E-state index contributed by atoms with van der Waals surface area (Å²) in [6, 6.07) is 6.08. The molecule has 1 aromatic carbocycles. The molecular formula is C18H25N3O3S. The number of rotatable bonds is 4. The number of sulfonamides is 1. The minimum Gasteiger partial charge on any atom is -0.267 e. The maximum absolute atomic E-state index is 12.5. The Morgan fingerprint density at radius 2 is 1.72 bits per heavy atom. The first-order valence-electron chi connectivity index (χ1n) is 8.93. The van der Waals surface area contributed by atoms with Crippen LogP contribution in [0.5, 0.6) is 0 Å². The van der Waals surface area contributed by atoms with Gasteiger partial charge in [-0.15, -0.1) is 0 Å². The molecule has 0 bridgehead atoms. The SMILES string of the molecule is CC1CCC(=NNC(=O)c2ccc(S(=O)(=O)N3CCCC3)cc2)CC1. The Morgan fingerprint density at radius 3 is 2.32 bits per heavy atom. The van der Waals surface area contributed by atoms with Crippen molar-refractivity contribution in [3.8, 4) is 0 Å². The van der Waals surface area contributed by atoms with E-state index >= 15 is 0 Å². The van der Waals surface area contributed by atoms with Crippen LogP contribution in [0, 0.1) is 5.92 Å². The molecule has 136 valence electrons. The quantitative estimate of drug-likeness (QED) is 0.836. The zero-order valence-electron chi connectivity index (χ0n) is 14.6. The molecule has 25 heavy (non-hydrogen) atoms. The number of amides is 1. The van der Waals surface area contributed by atoms with Crippen molar-refractivity contribution in [3.63, 3.8) is 0 Å². The Balaban J connectivity index is 1.63.